The Morgan fingerprint density at radius 3 is 2.06 bits per heavy atom. The van der Waals surface area contributed by atoms with Gasteiger partial charge in [-0.3, -0.25) is 14.4 Å². The number of esters is 1. The third-order valence-electron chi connectivity index (χ3n) is 10.1. The van der Waals surface area contributed by atoms with Gasteiger partial charge in [0, 0.05) is 26.1 Å². The lowest BCUT2D eigenvalue weighted by Gasteiger charge is -2.42. The van der Waals surface area contributed by atoms with Gasteiger partial charge >= 0.3 is 5.97 Å². The molecular weight excluding hydrogens is 714 g/mol. The highest BCUT2D eigenvalue weighted by atomic mass is 16.7. The van der Waals surface area contributed by atoms with Gasteiger partial charge in [0.05, 0.1) is 25.7 Å². The van der Waals surface area contributed by atoms with Crippen molar-refractivity contribution in [3.63, 3.8) is 0 Å². The molecule has 18 heteroatoms. The predicted molar refractivity (Wildman–Crippen MR) is 192 cm³/mol. The molecule has 1 aliphatic carbocycles. The van der Waals surface area contributed by atoms with E-state index >= 15 is 0 Å². The second-order valence-electron chi connectivity index (χ2n) is 14.5. The molecule has 1 saturated carbocycles. The molecule has 0 aromatic carbocycles. The van der Waals surface area contributed by atoms with Gasteiger partial charge in [0.2, 0.25) is 5.91 Å². The number of aliphatic hydroxyl groups excluding tert-OH is 9. The first kappa shape index (κ1) is 48.1. The number of carbonyl (C=O) groups is 3. The molecule has 2 amide bonds. The summed E-state index contributed by atoms with van der Waals surface area (Å²) in [6.45, 7) is 5.33. The highest BCUT2D eigenvalue weighted by Gasteiger charge is 2.47. The van der Waals surface area contributed by atoms with E-state index in [-0.39, 0.29) is 25.9 Å². The van der Waals surface area contributed by atoms with E-state index in [1.165, 1.54) is 38.5 Å². The van der Waals surface area contributed by atoms with Crippen molar-refractivity contribution in [2.75, 3.05) is 45.9 Å². The quantitative estimate of drug-likeness (QED) is 0.0257. The van der Waals surface area contributed by atoms with Crippen molar-refractivity contribution < 1.29 is 74.6 Å². The fourth-order valence-corrected chi connectivity index (χ4v) is 6.68. The van der Waals surface area contributed by atoms with Crippen LogP contribution in [0.25, 0.3) is 0 Å². The van der Waals surface area contributed by atoms with Gasteiger partial charge in [-0.2, -0.15) is 0 Å². The molecule has 316 valence electrons. The second kappa shape index (κ2) is 26.0. The molecule has 18 nitrogen and oxygen atoms in total. The third kappa shape index (κ3) is 16.2. The number of nitrogens with one attached hydrogen (secondary N) is 2. The Hall–Kier alpha value is -2.07. The average Bonchev–Trinajstić information content (AvgIpc) is 3.33. The molecule has 0 aromatic heterocycles. The van der Waals surface area contributed by atoms with Crippen molar-refractivity contribution in [2.45, 2.75) is 158 Å². The summed E-state index contributed by atoms with van der Waals surface area (Å²) in [5, 5.41) is 95.6. The maximum absolute atomic E-state index is 12.6. The zero-order valence-electron chi connectivity index (χ0n) is 31.8. The van der Waals surface area contributed by atoms with Gasteiger partial charge in [-0.1, -0.05) is 39.5 Å². The fraction of sp³-hybridized carbons (Fsp3) is 0.917. The Labute approximate surface area is 317 Å². The predicted octanol–water partition coefficient (Wildman–Crippen LogP) is -2.60. The second-order valence-corrected chi connectivity index (χ2v) is 14.5. The summed E-state index contributed by atoms with van der Waals surface area (Å²) in [6, 6.07) is 0. The van der Waals surface area contributed by atoms with Gasteiger partial charge in [-0.25, -0.2) is 0 Å². The Kier molecular flexibility index (Phi) is 23.1. The van der Waals surface area contributed by atoms with Crippen LogP contribution in [-0.4, -0.2) is 182 Å². The number of hydrogen-bond acceptors (Lipinski definition) is 16. The van der Waals surface area contributed by atoms with Crippen molar-refractivity contribution in [3.05, 3.63) is 0 Å². The summed E-state index contributed by atoms with van der Waals surface area (Å²) in [6.07, 6.45) is -9.11. The number of unbranched alkanes of at least 4 members (excludes halogenated alkanes) is 4. The number of nitrogens with zero attached hydrogens (tertiary/aromatic N) is 1. The van der Waals surface area contributed by atoms with Crippen LogP contribution < -0.4 is 10.6 Å². The lowest BCUT2D eigenvalue weighted by molar-refractivity contribution is -0.326. The van der Waals surface area contributed by atoms with E-state index in [0.29, 0.717) is 18.8 Å². The Morgan fingerprint density at radius 2 is 1.44 bits per heavy atom. The lowest BCUT2D eigenvalue weighted by atomic mass is 9.98. The third-order valence-corrected chi connectivity index (χ3v) is 10.1. The molecule has 12 atom stereocenters. The van der Waals surface area contributed by atoms with E-state index < -0.39 is 98.3 Å². The minimum absolute atomic E-state index is 0.122. The van der Waals surface area contributed by atoms with E-state index in [2.05, 4.69) is 29.4 Å². The van der Waals surface area contributed by atoms with Crippen LogP contribution in [0.3, 0.4) is 0 Å². The van der Waals surface area contributed by atoms with Gasteiger partial charge < -0.3 is 75.7 Å². The molecule has 0 bridgehead atoms. The maximum Gasteiger partial charge on any atom is 0.306 e. The Balaban J connectivity index is 1.75. The molecule has 2 rings (SSSR count). The van der Waals surface area contributed by atoms with Crippen molar-refractivity contribution in [3.8, 4) is 0 Å². The molecule has 54 heavy (non-hydrogen) atoms. The van der Waals surface area contributed by atoms with Gasteiger partial charge in [-0.05, 0) is 57.5 Å². The van der Waals surface area contributed by atoms with Crippen LogP contribution in [0.4, 0.5) is 0 Å². The molecule has 12 unspecified atom stereocenters. The Bertz CT molecular complexity index is 1060. The van der Waals surface area contributed by atoms with Crippen LogP contribution in [0.1, 0.15) is 90.9 Å². The minimum Gasteiger partial charge on any atom is -0.460 e. The molecule has 1 saturated heterocycles. The van der Waals surface area contributed by atoms with Crippen LogP contribution in [0.2, 0.25) is 0 Å². The molecule has 0 spiro atoms. The van der Waals surface area contributed by atoms with Crippen molar-refractivity contribution in [2.24, 2.45) is 5.92 Å². The molecule has 2 aliphatic rings. The number of rotatable bonds is 25. The van der Waals surface area contributed by atoms with Crippen LogP contribution >= 0.6 is 0 Å². The summed E-state index contributed by atoms with van der Waals surface area (Å²) < 4.78 is 16.0. The smallest absolute Gasteiger partial charge is 0.306 e. The standard InChI is InChI=1S/C36H67N3O15/c1-3-5-7-17-39(18-8-6-4-2)19-22-9-11-23(42)25(12-10-22)52-28(45)14-13-27(44)37-15-16-38-35(51)32(49)31(48)34(24(43)20-40)54-36-33(50)30(47)29(46)26(21-41)53-36/h22-26,29-34,36,40-43,46-50H,3-21H2,1-2H3,(H,37,44)(H,38,51). The van der Waals surface area contributed by atoms with Gasteiger partial charge in [-0.15, -0.1) is 0 Å². The van der Waals surface area contributed by atoms with E-state index in [1.54, 1.807) is 0 Å². The average molecular weight is 782 g/mol. The van der Waals surface area contributed by atoms with Crippen molar-refractivity contribution in [1.82, 2.24) is 15.5 Å². The zero-order chi connectivity index (χ0) is 40.2. The molecule has 0 radical (unpaired) electrons. The number of hydrogen-bond donors (Lipinski definition) is 11. The highest BCUT2D eigenvalue weighted by molar-refractivity contribution is 5.82. The number of ether oxygens (including phenoxy) is 3. The summed E-state index contributed by atoms with van der Waals surface area (Å²) in [4.78, 5) is 40.0. The minimum atomic E-state index is -2.25. The largest absolute Gasteiger partial charge is 0.460 e. The summed E-state index contributed by atoms with van der Waals surface area (Å²) in [7, 11) is 0. The number of carbonyl (C=O) groups excluding carboxylic acids is 3. The maximum atomic E-state index is 12.6. The fourth-order valence-electron chi connectivity index (χ4n) is 6.68. The molecule has 1 aliphatic heterocycles. The lowest BCUT2D eigenvalue weighted by Crippen LogP contribution is -2.62. The molecule has 1 heterocycles. The summed E-state index contributed by atoms with van der Waals surface area (Å²) in [5.74, 6) is -1.88. The van der Waals surface area contributed by atoms with Crippen molar-refractivity contribution >= 4 is 17.8 Å². The van der Waals surface area contributed by atoms with Gasteiger partial charge in [0.1, 0.15) is 48.8 Å². The van der Waals surface area contributed by atoms with E-state index in [4.69, 9.17) is 14.2 Å². The first-order valence-electron chi connectivity index (χ1n) is 19.5. The number of amides is 2. The zero-order valence-corrected chi connectivity index (χ0v) is 31.8. The summed E-state index contributed by atoms with van der Waals surface area (Å²) in [5.41, 5.74) is 0. The van der Waals surface area contributed by atoms with Crippen LogP contribution in [0.15, 0.2) is 0 Å². The van der Waals surface area contributed by atoms with E-state index in [9.17, 15) is 60.3 Å². The van der Waals surface area contributed by atoms with E-state index in [0.717, 1.165) is 32.5 Å². The SMILES string of the molecule is CCCCCN(CCCCC)CC1CCC(O)C(OC(=O)CCC(=O)NCCNC(=O)C(O)C(O)C(OC2OC(CO)C(O)C(O)C2O)C(O)CO)CC1. The van der Waals surface area contributed by atoms with E-state index in [1.807, 2.05) is 0 Å². The van der Waals surface area contributed by atoms with Crippen molar-refractivity contribution in [1.29, 1.82) is 0 Å². The van der Waals surface area contributed by atoms with Crippen LogP contribution in [-0.2, 0) is 28.6 Å². The first-order chi connectivity index (χ1) is 25.8. The number of aliphatic hydroxyl groups is 9. The van der Waals surface area contributed by atoms with Crippen LogP contribution in [0.5, 0.6) is 0 Å². The molecule has 11 N–H and O–H groups in total. The molecule has 2 fully saturated rings. The summed E-state index contributed by atoms with van der Waals surface area (Å²) >= 11 is 0. The first-order valence-corrected chi connectivity index (χ1v) is 19.5. The highest BCUT2D eigenvalue weighted by Crippen LogP contribution is 2.28. The molecule has 0 aromatic rings. The van der Waals surface area contributed by atoms with Gasteiger partial charge in [0.15, 0.2) is 12.4 Å². The molecular formula is C36H67N3O15. The monoisotopic (exact) mass is 781 g/mol. The topological polar surface area (TPSA) is 288 Å². The van der Waals surface area contributed by atoms with Gasteiger partial charge in [0.25, 0.3) is 5.91 Å². The Morgan fingerprint density at radius 1 is 0.815 bits per heavy atom. The normalized spacial score (nSPS) is 28.4. The van der Waals surface area contributed by atoms with Crippen LogP contribution in [0, 0.1) is 5.92 Å².